The molecule has 0 rings (SSSR count). The Kier molecular flexibility index (Phi) is 48.1. The van der Waals surface area contributed by atoms with Crippen molar-refractivity contribution in [3.05, 3.63) is 109 Å². The maximum absolute atomic E-state index is 12.9. The fourth-order valence-corrected chi connectivity index (χ4v) is 8.13. The first-order chi connectivity index (χ1) is 33.5. The normalized spacial score (nSPS) is 14.8. The summed E-state index contributed by atoms with van der Waals surface area (Å²) in [6.45, 7) is 4.63. The number of aliphatic hydroxyl groups is 1. The third kappa shape index (κ3) is 52.8. The fourth-order valence-electron chi connectivity index (χ4n) is 7.39. The van der Waals surface area contributed by atoms with E-state index < -0.39 is 20.0 Å². The molecule has 396 valence electrons. The number of allylic oxidation sites excluding steroid dienone is 17. The maximum atomic E-state index is 12.9. The minimum atomic E-state index is -4.35. The van der Waals surface area contributed by atoms with Gasteiger partial charge in [-0.15, -0.1) is 0 Å². The third-order valence-corrected chi connectivity index (χ3v) is 12.7. The van der Waals surface area contributed by atoms with Crippen LogP contribution in [0.3, 0.4) is 0 Å². The van der Waals surface area contributed by atoms with Crippen molar-refractivity contribution in [2.24, 2.45) is 0 Å². The van der Waals surface area contributed by atoms with Crippen molar-refractivity contribution in [3.8, 4) is 0 Å². The number of phosphoric acid groups is 1. The summed E-state index contributed by atoms with van der Waals surface area (Å²) in [5, 5.41) is 13.8. The van der Waals surface area contributed by atoms with Crippen LogP contribution in [0.5, 0.6) is 0 Å². The molecule has 0 aromatic carbocycles. The molecule has 0 aliphatic carbocycles. The largest absolute Gasteiger partial charge is 0.472 e. The Morgan fingerprint density at radius 3 is 1.33 bits per heavy atom. The molecule has 0 radical (unpaired) electrons. The van der Waals surface area contributed by atoms with Crippen molar-refractivity contribution < 1.29 is 32.9 Å². The summed E-state index contributed by atoms with van der Waals surface area (Å²) in [4.78, 5) is 23.2. The molecular formula is C60H106N2O6P+. The summed E-state index contributed by atoms with van der Waals surface area (Å²) in [5.41, 5.74) is 0. The van der Waals surface area contributed by atoms with Gasteiger partial charge in [0.25, 0.3) is 0 Å². The zero-order chi connectivity index (χ0) is 50.6. The number of carbonyl (C=O) groups excluding carboxylic acids is 1. The number of unbranched alkanes of at least 4 members (excludes halogenated alkanes) is 20. The Morgan fingerprint density at radius 2 is 0.884 bits per heavy atom. The van der Waals surface area contributed by atoms with Crippen molar-refractivity contribution in [2.45, 2.75) is 225 Å². The van der Waals surface area contributed by atoms with E-state index in [1.807, 2.05) is 27.2 Å². The van der Waals surface area contributed by atoms with Crippen LogP contribution in [0.4, 0.5) is 0 Å². The molecule has 0 heterocycles. The van der Waals surface area contributed by atoms with Gasteiger partial charge in [0.15, 0.2) is 0 Å². The molecular weight excluding hydrogens is 876 g/mol. The van der Waals surface area contributed by atoms with Crippen LogP contribution in [0.2, 0.25) is 0 Å². The van der Waals surface area contributed by atoms with Crippen LogP contribution in [0.25, 0.3) is 0 Å². The van der Waals surface area contributed by atoms with E-state index in [-0.39, 0.29) is 19.1 Å². The highest BCUT2D eigenvalue weighted by Crippen LogP contribution is 2.43. The predicted molar refractivity (Wildman–Crippen MR) is 299 cm³/mol. The van der Waals surface area contributed by atoms with Crippen LogP contribution in [0.1, 0.15) is 213 Å². The standard InChI is InChI=1S/C60H105N2O6P/c1-6-8-10-12-14-16-18-19-20-21-22-23-24-25-26-27-28-29-30-31-32-33-34-35-36-37-38-39-40-41-42-43-44-46-48-50-52-54-60(64)61-58(57-68-69(65,66)67-56-55-62(3,4)5)59(63)53-51-49-47-45-17-15-13-11-9-7-2/h8,10,14,16-17,19-20,22-23,25-26,28-29,31-32,45,51,53,58-59,63H,6-7,9,11-13,15,18,21,24,27,30,33-44,46-50,52,54-57H2,1-5H3,(H-,61,64,65,66)/p+1/b10-8-,16-14-,20-19-,23-22-,26-25-,29-28-,32-31-,45-17+,53-51+. The van der Waals surface area contributed by atoms with E-state index in [1.165, 1.54) is 109 Å². The van der Waals surface area contributed by atoms with E-state index in [9.17, 15) is 19.4 Å². The minimum Gasteiger partial charge on any atom is -0.387 e. The molecule has 3 N–H and O–H groups in total. The average molecular weight is 982 g/mol. The van der Waals surface area contributed by atoms with Crippen LogP contribution in [0, 0.1) is 0 Å². The Hall–Kier alpha value is -2.84. The number of nitrogens with zero attached hydrogens (tertiary/aromatic N) is 1. The van der Waals surface area contributed by atoms with E-state index in [0.717, 1.165) is 83.5 Å². The number of phosphoric ester groups is 1. The van der Waals surface area contributed by atoms with Gasteiger partial charge < -0.3 is 19.8 Å². The summed E-state index contributed by atoms with van der Waals surface area (Å²) in [6.07, 6.45) is 73.5. The van der Waals surface area contributed by atoms with Gasteiger partial charge in [-0.2, -0.15) is 0 Å². The quantitative estimate of drug-likeness (QED) is 0.0243. The number of hydrogen-bond donors (Lipinski definition) is 3. The smallest absolute Gasteiger partial charge is 0.387 e. The lowest BCUT2D eigenvalue weighted by Gasteiger charge is -2.25. The number of amides is 1. The Bertz CT molecular complexity index is 1490. The fraction of sp³-hybridized carbons (Fsp3) is 0.683. The number of quaternary nitrogens is 1. The molecule has 1 amide bonds. The number of aliphatic hydroxyl groups excluding tert-OH is 1. The average Bonchev–Trinajstić information content (AvgIpc) is 3.31. The van der Waals surface area contributed by atoms with E-state index in [1.54, 1.807) is 6.08 Å². The van der Waals surface area contributed by atoms with Crippen LogP contribution in [-0.4, -0.2) is 73.4 Å². The van der Waals surface area contributed by atoms with Crippen molar-refractivity contribution in [1.82, 2.24) is 5.32 Å². The highest BCUT2D eigenvalue weighted by molar-refractivity contribution is 7.47. The van der Waals surface area contributed by atoms with E-state index in [4.69, 9.17) is 9.05 Å². The van der Waals surface area contributed by atoms with Gasteiger partial charge in [-0.1, -0.05) is 226 Å². The maximum Gasteiger partial charge on any atom is 0.472 e. The molecule has 3 atom stereocenters. The molecule has 69 heavy (non-hydrogen) atoms. The Morgan fingerprint density at radius 1 is 0.507 bits per heavy atom. The van der Waals surface area contributed by atoms with E-state index >= 15 is 0 Å². The monoisotopic (exact) mass is 982 g/mol. The van der Waals surface area contributed by atoms with Gasteiger partial charge >= 0.3 is 7.82 Å². The molecule has 3 unspecified atom stereocenters. The molecule has 9 heteroatoms. The van der Waals surface area contributed by atoms with Crippen LogP contribution >= 0.6 is 7.82 Å². The van der Waals surface area contributed by atoms with Crippen molar-refractivity contribution in [2.75, 3.05) is 40.9 Å². The lowest BCUT2D eigenvalue weighted by Crippen LogP contribution is -2.45. The van der Waals surface area contributed by atoms with Crippen LogP contribution in [0.15, 0.2) is 109 Å². The molecule has 0 spiro atoms. The summed E-state index contributed by atoms with van der Waals surface area (Å²) >= 11 is 0. The second-order valence-corrected chi connectivity index (χ2v) is 21.0. The van der Waals surface area contributed by atoms with Gasteiger partial charge in [0.1, 0.15) is 13.2 Å². The van der Waals surface area contributed by atoms with Gasteiger partial charge in [0.2, 0.25) is 5.91 Å². The topological polar surface area (TPSA) is 105 Å². The second kappa shape index (κ2) is 50.1. The van der Waals surface area contributed by atoms with Crippen molar-refractivity contribution >= 4 is 13.7 Å². The van der Waals surface area contributed by atoms with E-state index in [0.29, 0.717) is 17.4 Å². The molecule has 0 aliphatic rings. The molecule has 0 saturated heterocycles. The zero-order valence-electron chi connectivity index (χ0n) is 45.0. The summed E-state index contributed by atoms with van der Waals surface area (Å²) in [5.74, 6) is -0.193. The molecule has 0 bridgehead atoms. The van der Waals surface area contributed by atoms with Gasteiger partial charge in [-0.25, -0.2) is 4.57 Å². The summed E-state index contributed by atoms with van der Waals surface area (Å²) < 4.78 is 23.6. The Labute approximate surface area is 425 Å². The summed E-state index contributed by atoms with van der Waals surface area (Å²) in [6, 6.07) is -0.867. The zero-order valence-corrected chi connectivity index (χ0v) is 45.9. The molecule has 0 fully saturated rings. The lowest BCUT2D eigenvalue weighted by molar-refractivity contribution is -0.870. The van der Waals surface area contributed by atoms with Gasteiger partial charge in [-0.3, -0.25) is 13.8 Å². The first-order valence-corrected chi connectivity index (χ1v) is 29.3. The Balaban J connectivity index is 4.00. The highest BCUT2D eigenvalue weighted by Gasteiger charge is 2.27. The summed E-state index contributed by atoms with van der Waals surface area (Å²) in [7, 11) is 1.54. The molecule has 0 aliphatic heterocycles. The number of rotatable bonds is 49. The van der Waals surface area contributed by atoms with Gasteiger partial charge in [0.05, 0.1) is 39.9 Å². The molecule has 0 saturated carbocycles. The number of hydrogen-bond acceptors (Lipinski definition) is 5. The van der Waals surface area contributed by atoms with Crippen LogP contribution in [-0.2, 0) is 18.4 Å². The van der Waals surface area contributed by atoms with Gasteiger partial charge in [-0.05, 0) is 89.9 Å². The SMILES string of the molecule is CC/C=C\C/C=C\C/C=C\C/C=C\C/C=C\C/C=C\C/C=C\CCCCCCCCCCCCCCCCCC(=O)NC(COP(=O)(O)OCC[N+](C)(C)C)C(O)/C=C/CC/C=C/CCCCCC. The predicted octanol–water partition coefficient (Wildman–Crippen LogP) is 16.8. The minimum absolute atomic E-state index is 0.0521. The number of nitrogens with one attached hydrogen (secondary N) is 1. The van der Waals surface area contributed by atoms with Crippen LogP contribution < -0.4 is 5.32 Å². The molecule has 0 aromatic rings. The third-order valence-electron chi connectivity index (χ3n) is 11.7. The molecule has 0 aromatic heterocycles. The first-order valence-electron chi connectivity index (χ1n) is 27.8. The second-order valence-electron chi connectivity index (χ2n) is 19.6. The highest BCUT2D eigenvalue weighted by atomic mass is 31.2. The van der Waals surface area contributed by atoms with Crippen molar-refractivity contribution in [1.29, 1.82) is 0 Å². The lowest BCUT2D eigenvalue weighted by atomic mass is 10.0. The van der Waals surface area contributed by atoms with E-state index in [2.05, 4.69) is 116 Å². The van der Waals surface area contributed by atoms with Crippen molar-refractivity contribution in [3.63, 3.8) is 0 Å². The first kappa shape index (κ1) is 66.2. The van der Waals surface area contributed by atoms with Gasteiger partial charge in [0, 0.05) is 6.42 Å². The number of carbonyl (C=O) groups is 1. The number of likely N-dealkylation sites (N-methyl/N-ethyl adjacent to an activating group) is 1. The molecule has 8 nitrogen and oxygen atoms in total.